The van der Waals surface area contributed by atoms with E-state index in [4.69, 9.17) is 4.74 Å². The summed E-state index contributed by atoms with van der Waals surface area (Å²) >= 11 is 0. The normalized spacial score (nSPS) is 19.1. The van der Waals surface area contributed by atoms with Crippen LogP contribution in [-0.4, -0.2) is 35.8 Å². The van der Waals surface area contributed by atoms with Crippen molar-refractivity contribution < 1.29 is 4.74 Å². The van der Waals surface area contributed by atoms with Crippen molar-refractivity contribution in [2.24, 2.45) is 0 Å². The maximum Gasteiger partial charge on any atom is 0.0801 e. The molecule has 0 aromatic carbocycles. The van der Waals surface area contributed by atoms with Gasteiger partial charge in [0.25, 0.3) is 0 Å². The second-order valence-electron chi connectivity index (χ2n) is 7.14. The largest absolute Gasteiger partial charge is 0.372 e. The SMILES string of the molecule is CC(C)(C)NCc1ccncc1N1CCOC(C)(C)C1. The van der Waals surface area contributed by atoms with E-state index in [1.807, 2.05) is 12.4 Å². The first-order valence-corrected chi connectivity index (χ1v) is 7.34. The van der Waals surface area contributed by atoms with Crippen molar-refractivity contribution in [2.45, 2.75) is 52.3 Å². The molecule has 0 unspecified atom stereocenters. The average molecular weight is 277 g/mol. The average Bonchev–Trinajstić information content (AvgIpc) is 2.34. The second-order valence-corrected chi connectivity index (χ2v) is 7.14. The molecular weight excluding hydrogens is 250 g/mol. The number of ether oxygens (including phenoxy) is 1. The van der Waals surface area contributed by atoms with E-state index in [0.29, 0.717) is 0 Å². The molecule has 1 N–H and O–H groups in total. The zero-order valence-corrected chi connectivity index (χ0v) is 13.4. The van der Waals surface area contributed by atoms with Crippen LogP contribution in [0.4, 0.5) is 5.69 Å². The van der Waals surface area contributed by atoms with Gasteiger partial charge in [0.15, 0.2) is 0 Å². The van der Waals surface area contributed by atoms with Gasteiger partial charge in [-0.15, -0.1) is 0 Å². The minimum atomic E-state index is -0.0944. The molecule has 1 aliphatic heterocycles. The predicted octanol–water partition coefficient (Wildman–Crippen LogP) is 2.58. The quantitative estimate of drug-likeness (QED) is 0.921. The lowest BCUT2D eigenvalue weighted by atomic mass is 10.0. The molecule has 2 heterocycles. The summed E-state index contributed by atoms with van der Waals surface area (Å²) < 4.78 is 5.79. The highest BCUT2D eigenvalue weighted by Gasteiger charge is 2.28. The lowest BCUT2D eigenvalue weighted by Gasteiger charge is -2.40. The van der Waals surface area contributed by atoms with Crippen molar-refractivity contribution in [1.82, 2.24) is 10.3 Å². The molecule has 1 fully saturated rings. The highest BCUT2D eigenvalue weighted by molar-refractivity contribution is 5.52. The van der Waals surface area contributed by atoms with Crippen LogP contribution in [0.15, 0.2) is 18.5 Å². The number of rotatable bonds is 3. The number of morpholine rings is 1. The number of nitrogens with one attached hydrogen (secondary N) is 1. The Morgan fingerprint density at radius 1 is 1.40 bits per heavy atom. The molecule has 4 nitrogen and oxygen atoms in total. The van der Waals surface area contributed by atoms with E-state index in [1.165, 1.54) is 11.3 Å². The Bertz CT molecular complexity index is 451. The zero-order chi connectivity index (χ0) is 14.8. The first-order valence-electron chi connectivity index (χ1n) is 7.34. The van der Waals surface area contributed by atoms with Gasteiger partial charge in [-0.2, -0.15) is 0 Å². The van der Waals surface area contributed by atoms with Crippen LogP contribution < -0.4 is 10.2 Å². The third kappa shape index (κ3) is 4.18. The minimum absolute atomic E-state index is 0.0944. The van der Waals surface area contributed by atoms with Gasteiger partial charge in [0.2, 0.25) is 0 Å². The van der Waals surface area contributed by atoms with Gasteiger partial charge in [0, 0.05) is 31.4 Å². The van der Waals surface area contributed by atoms with Gasteiger partial charge in [0.1, 0.15) is 0 Å². The van der Waals surface area contributed by atoms with Crippen molar-refractivity contribution in [3.8, 4) is 0 Å². The smallest absolute Gasteiger partial charge is 0.0801 e. The fourth-order valence-corrected chi connectivity index (χ4v) is 2.43. The van der Waals surface area contributed by atoms with E-state index in [-0.39, 0.29) is 11.1 Å². The number of hydrogen-bond donors (Lipinski definition) is 1. The molecular formula is C16H27N3O. The van der Waals surface area contributed by atoms with Crippen LogP contribution in [-0.2, 0) is 11.3 Å². The number of hydrogen-bond acceptors (Lipinski definition) is 4. The van der Waals surface area contributed by atoms with Crippen LogP contribution in [0.5, 0.6) is 0 Å². The van der Waals surface area contributed by atoms with Crippen molar-refractivity contribution in [1.29, 1.82) is 0 Å². The minimum Gasteiger partial charge on any atom is -0.372 e. The number of anilines is 1. The van der Waals surface area contributed by atoms with Gasteiger partial charge >= 0.3 is 0 Å². The van der Waals surface area contributed by atoms with E-state index >= 15 is 0 Å². The second kappa shape index (κ2) is 5.70. The topological polar surface area (TPSA) is 37.4 Å². The van der Waals surface area contributed by atoms with E-state index in [0.717, 1.165) is 26.2 Å². The predicted molar refractivity (Wildman–Crippen MR) is 83.1 cm³/mol. The van der Waals surface area contributed by atoms with Gasteiger partial charge in [-0.25, -0.2) is 0 Å². The molecule has 0 atom stereocenters. The fraction of sp³-hybridized carbons (Fsp3) is 0.688. The van der Waals surface area contributed by atoms with E-state index in [1.54, 1.807) is 0 Å². The molecule has 0 aliphatic carbocycles. The molecule has 0 spiro atoms. The van der Waals surface area contributed by atoms with Gasteiger partial charge in [0.05, 0.1) is 24.1 Å². The van der Waals surface area contributed by atoms with E-state index < -0.39 is 0 Å². The summed E-state index contributed by atoms with van der Waals surface area (Å²) in [5, 5.41) is 3.55. The Kier molecular flexibility index (Phi) is 4.35. The first-order chi connectivity index (χ1) is 9.27. The Balaban J connectivity index is 2.15. The third-order valence-electron chi connectivity index (χ3n) is 3.46. The molecule has 1 saturated heterocycles. The highest BCUT2D eigenvalue weighted by atomic mass is 16.5. The Morgan fingerprint density at radius 3 is 2.80 bits per heavy atom. The zero-order valence-electron chi connectivity index (χ0n) is 13.4. The van der Waals surface area contributed by atoms with Gasteiger partial charge in [-0.3, -0.25) is 4.98 Å². The number of pyridine rings is 1. The van der Waals surface area contributed by atoms with Crippen LogP contribution in [0.25, 0.3) is 0 Å². The van der Waals surface area contributed by atoms with Crippen molar-refractivity contribution in [3.05, 3.63) is 24.0 Å². The Labute approximate surface area is 122 Å². The highest BCUT2D eigenvalue weighted by Crippen LogP contribution is 2.25. The summed E-state index contributed by atoms with van der Waals surface area (Å²) in [5.41, 5.74) is 2.54. The summed E-state index contributed by atoms with van der Waals surface area (Å²) in [6.07, 6.45) is 3.84. The van der Waals surface area contributed by atoms with Crippen LogP contribution in [0.3, 0.4) is 0 Å². The van der Waals surface area contributed by atoms with E-state index in [2.05, 4.69) is 55.9 Å². The Morgan fingerprint density at radius 2 is 2.15 bits per heavy atom. The van der Waals surface area contributed by atoms with Crippen molar-refractivity contribution in [2.75, 3.05) is 24.6 Å². The number of nitrogens with zero attached hydrogens (tertiary/aromatic N) is 2. The van der Waals surface area contributed by atoms with Crippen LogP contribution in [0.2, 0.25) is 0 Å². The van der Waals surface area contributed by atoms with Crippen molar-refractivity contribution in [3.63, 3.8) is 0 Å². The Hall–Kier alpha value is -1.13. The standard InChI is InChI=1S/C16H27N3O/c1-15(2,3)18-10-13-6-7-17-11-14(13)19-8-9-20-16(4,5)12-19/h6-7,11,18H,8-10,12H2,1-5H3. The summed E-state index contributed by atoms with van der Waals surface area (Å²) in [5.74, 6) is 0. The molecule has 0 bridgehead atoms. The van der Waals surface area contributed by atoms with Gasteiger partial charge in [-0.05, 0) is 46.2 Å². The number of aromatic nitrogens is 1. The van der Waals surface area contributed by atoms with E-state index in [9.17, 15) is 0 Å². The molecule has 0 amide bonds. The molecule has 0 radical (unpaired) electrons. The van der Waals surface area contributed by atoms with Gasteiger partial charge in [-0.1, -0.05) is 0 Å². The molecule has 1 aromatic rings. The third-order valence-corrected chi connectivity index (χ3v) is 3.46. The van der Waals surface area contributed by atoms with Crippen LogP contribution in [0, 0.1) is 0 Å². The fourth-order valence-electron chi connectivity index (χ4n) is 2.43. The molecule has 4 heteroatoms. The van der Waals surface area contributed by atoms with Crippen LogP contribution in [0.1, 0.15) is 40.2 Å². The summed E-state index contributed by atoms with van der Waals surface area (Å²) in [6, 6.07) is 2.11. The maximum absolute atomic E-state index is 5.79. The molecule has 112 valence electrons. The van der Waals surface area contributed by atoms with Crippen molar-refractivity contribution >= 4 is 5.69 Å². The molecule has 20 heavy (non-hydrogen) atoms. The monoisotopic (exact) mass is 277 g/mol. The maximum atomic E-state index is 5.79. The first kappa shape index (κ1) is 15.3. The lowest BCUT2D eigenvalue weighted by Crippen LogP contribution is -2.48. The molecule has 1 aliphatic rings. The molecule has 0 saturated carbocycles. The lowest BCUT2D eigenvalue weighted by molar-refractivity contribution is -0.0277. The molecule has 2 rings (SSSR count). The summed E-state index contributed by atoms with van der Waals surface area (Å²) in [7, 11) is 0. The summed E-state index contributed by atoms with van der Waals surface area (Å²) in [4.78, 5) is 6.69. The summed E-state index contributed by atoms with van der Waals surface area (Å²) in [6.45, 7) is 14.3. The van der Waals surface area contributed by atoms with Crippen LogP contribution >= 0.6 is 0 Å². The van der Waals surface area contributed by atoms with Gasteiger partial charge < -0.3 is 15.0 Å². The molecule has 1 aromatic heterocycles.